The van der Waals surface area contributed by atoms with E-state index in [-0.39, 0.29) is 78.5 Å². The van der Waals surface area contributed by atoms with Crippen LogP contribution in [0.3, 0.4) is 0 Å². The van der Waals surface area contributed by atoms with Gasteiger partial charge in [-0.05, 0) is 6.42 Å². The quantitative estimate of drug-likeness (QED) is 0.0313. The van der Waals surface area contributed by atoms with Crippen molar-refractivity contribution >= 4 is 59.6 Å². The van der Waals surface area contributed by atoms with E-state index in [4.69, 9.17) is 20.4 Å². The third-order valence-corrected chi connectivity index (χ3v) is 8.72. The number of amides is 2. The molecule has 1 heterocycles. The molecule has 1 rings (SSSR count). The minimum Gasteiger partial charge on any atom is -0.480 e. The maximum absolute atomic E-state index is 13.4. The van der Waals surface area contributed by atoms with E-state index in [0.717, 1.165) is 9.80 Å². The number of hydrogen-bond acceptors (Lipinski definition) is 16. The van der Waals surface area contributed by atoms with E-state index in [2.05, 4.69) is 0 Å². The van der Waals surface area contributed by atoms with Gasteiger partial charge in [0.1, 0.15) is 0 Å². The van der Waals surface area contributed by atoms with Gasteiger partial charge in [0.25, 0.3) is 0 Å². The Labute approximate surface area is 337 Å². The molecule has 0 unspecified atom stereocenters. The smallest absolute Gasteiger partial charge is 0.317 e. The first-order chi connectivity index (χ1) is 27.6. The molecule has 0 aliphatic carbocycles. The van der Waals surface area contributed by atoms with Crippen molar-refractivity contribution in [2.45, 2.75) is 6.42 Å². The summed E-state index contributed by atoms with van der Waals surface area (Å²) in [4.78, 5) is 128. The van der Waals surface area contributed by atoms with Crippen molar-refractivity contribution in [3.05, 3.63) is 0 Å². The molecule has 1 aliphatic heterocycles. The van der Waals surface area contributed by atoms with Gasteiger partial charge in [-0.3, -0.25) is 77.3 Å². The lowest BCUT2D eigenvalue weighted by Gasteiger charge is -2.29. The Morgan fingerprint density at radius 2 is 0.475 bits per heavy atom. The van der Waals surface area contributed by atoms with Crippen LogP contribution in [0.15, 0.2) is 0 Å². The van der Waals surface area contributed by atoms with E-state index >= 15 is 0 Å². The van der Waals surface area contributed by atoms with Gasteiger partial charge in [-0.25, -0.2) is 0 Å². The van der Waals surface area contributed by atoms with Crippen LogP contribution >= 0.6 is 0 Å². The van der Waals surface area contributed by atoms with E-state index in [1.54, 1.807) is 0 Å². The monoisotopic (exact) mass is 850 g/mol. The van der Waals surface area contributed by atoms with Crippen molar-refractivity contribution in [2.24, 2.45) is 0 Å². The van der Waals surface area contributed by atoms with Crippen LogP contribution in [0, 0.1) is 0 Å². The standard InChI is InChI=1S/C33H54N8O18/c42-24(14-36(18-28(48)49)8-4-34(16-26(44)45)6-10-38(20-30(52)53)21-31(54)55)40-2-1-3-41(13-12-40)25(43)15-37(19-29(50)51)9-5-35(17-27(46)47)7-11-39(22-32(56)57)23-33(58)59/h1-23H2,(H,44,45)(H,46,47)(H,48,49)(H,50,51)(H,52,53)(H,54,55)(H,56,57)(H,58,59). The molecule has 1 saturated heterocycles. The van der Waals surface area contributed by atoms with Crippen LogP contribution in [0.2, 0.25) is 0 Å². The number of carbonyl (C=O) groups excluding carboxylic acids is 2. The van der Waals surface area contributed by atoms with E-state index in [1.807, 2.05) is 0 Å². The lowest BCUT2D eigenvalue weighted by Crippen LogP contribution is -2.48. The summed E-state index contributed by atoms with van der Waals surface area (Å²) in [5.41, 5.74) is 0. The molecule has 8 N–H and O–H groups in total. The van der Waals surface area contributed by atoms with Crippen molar-refractivity contribution < 1.29 is 88.8 Å². The highest BCUT2D eigenvalue weighted by Gasteiger charge is 2.27. The predicted octanol–water partition coefficient (Wildman–Crippen LogP) is -5.46. The second-order valence-electron chi connectivity index (χ2n) is 13.7. The Hall–Kier alpha value is -5.54. The molecule has 1 fully saturated rings. The van der Waals surface area contributed by atoms with Gasteiger partial charge in [0, 0.05) is 78.5 Å². The van der Waals surface area contributed by atoms with E-state index in [1.165, 1.54) is 29.4 Å². The molecular weight excluding hydrogens is 796 g/mol. The van der Waals surface area contributed by atoms with Crippen molar-refractivity contribution in [3.8, 4) is 0 Å². The number of nitrogens with zero attached hydrogens (tertiary/aromatic N) is 8. The molecular formula is C33H54N8O18. The first-order valence-corrected chi connectivity index (χ1v) is 18.3. The molecule has 1 aliphatic rings. The minimum absolute atomic E-state index is 0.0358. The van der Waals surface area contributed by atoms with Gasteiger partial charge in [0.2, 0.25) is 11.8 Å². The van der Waals surface area contributed by atoms with Gasteiger partial charge < -0.3 is 50.7 Å². The molecule has 26 nitrogen and oxygen atoms in total. The Balaban J connectivity index is 2.91. The van der Waals surface area contributed by atoms with Crippen LogP contribution in [-0.4, -0.2) is 284 Å². The topological polar surface area (TPSA) is 358 Å². The lowest BCUT2D eigenvalue weighted by molar-refractivity contribution is -0.144. The molecule has 0 atom stereocenters. The fourth-order valence-corrected chi connectivity index (χ4v) is 6.06. The summed E-state index contributed by atoms with van der Waals surface area (Å²) in [7, 11) is 0. The molecule has 334 valence electrons. The first kappa shape index (κ1) is 51.5. The Bertz CT molecular complexity index is 1350. The summed E-state index contributed by atoms with van der Waals surface area (Å²) in [6, 6.07) is 0. The summed E-state index contributed by atoms with van der Waals surface area (Å²) in [5, 5.41) is 74.1. The Morgan fingerprint density at radius 1 is 0.288 bits per heavy atom. The lowest BCUT2D eigenvalue weighted by atomic mass is 10.3. The van der Waals surface area contributed by atoms with Crippen molar-refractivity contribution in [2.75, 3.05) is 144 Å². The van der Waals surface area contributed by atoms with Crippen molar-refractivity contribution in [1.29, 1.82) is 0 Å². The Morgan fingerprint density at radius 3 is 0.695 bits per heavy atom. The number of carboxylic acid groups (broad SMARTS) is 8. The van der Waals surface area contributed by atoms with Gasteiger partial charge >= 0.3 is 47.8 Å². The fraction of sp³-hybridized carbons (Fsp3) is 0.697. The zero-order valence-corrected chi connectivity index (χ0v) is 32.5. The van der Waals surface area contributed by atoms with Gasteiger partial charge in [0.05, 0.1) is 65.4 Å². The minimum atomic E-state index is -1.29. The largest absolute Gasteiger partial charge is 0.480 e. The summed E-state index contributed by atoms with van der Waals surface area (Å²) in [6.45, 7) is -5.84. The third kappa shape index (κ3) is 24.8. The van der Waals surface area contributed by atoms with E-state index < -0.39 is 125 Å². The van der Waals surface area contributed by atoms with Gasteiger partial charge in [0.15, 0.2) is 0 Å². The highest BCUT2D eigenvalue weighted by molar-refractivity contribution is 5.81. The third-order valence-electron chi connectivity index (χ3n) is 8.72. The molecule has 0 spiro atoms. The number of carbonyl (C=O) groups is 10. The van der Waals surface area contributed by atoms with Crippen LogP contribution in [0.25, 0.3) is 0 Å². The van der Waals surface area contributed by atoms with Crippen molar-refractivity contribution in [1.82, 2.24) is 39.2 Å². The second kappa shape index (κ2) is 27.2. The average Bonchev–Trinajstić information content (AvgIpc) is 3.35. The molecule has 0 aromatic heterocycles. The summed E-state index contributed by atoms with van der Waals surface area (Å²) in [5.74, 6) is -11.2. The van der Waals surface area contributed by atoms with Crippen LogP contribution < -0.4 is 0 Å². The molecule has 0 radical (unpaired) electrons. The molecule has 26 heteroatoms. The Kier molecular flexibility index (Phi) is 23.7. The number of aliphatic carboxylic acids is 8. The second-order valence-corrected chi connectivity index (χ2v) is 13.7. The zero-order chi connectivity index (χ0) is 44.7. The van der Waals surface area contributed by atoms with Crippen LogP contribution in [-0.2, 0) is 47.9 Å². The number of rotatable bonds is 32. The molecule has 0 aromatic rings. The van der Waals surface area contributed by atoms with Gasteiger partial charge in [-0.15, -0.1) is 0 Å². The van der Waals surface area contributed by atoms with E-state index in [0.29, 0.717) is 6.42 Å². The summed E-state index contributed by atoms with van der Waals surface area (Å²) < 4.78 is 0. The first-order valence-electron chi connectivity index (χ1n) is 18.3. The SMILES string of the molecule is O=C(O)CN(CCN(CC(=O)O)CC(=O)O)CCN(CC(=O)O)CC(=O)N1CCCN(C(=O)CN(CCN(CCN(CC(=O)O)CC(=O)O)CC(=O)O)CC(=O)O)CC1. The molecule has 2 amide bonds. The highest BCUT2D eigenvalue weighted by atomic mass is 16.4. The summed E-state index contributed by atoms with van der Waals surface area (Å²) >= 11 is 0. The maximum Gasteiger partial charge on any atom is 0.317 e. The van der Waals surface area contributed by atoms with Crippen LogP contribution in [0.4, 0.5) is 0 Å². The maximum atomic E-state index is 13.4. The molecule has 59 heavy (non-hydrogen) atoms. The van der Waals surface area contributed by atoms with Crippen molar-refractivity contribution in [3.63, 3.8) is 0 Å². The highest BCUT2D eigenvalue weighted by Crippen LogP contribution is 2.08. The average molecular weight is 851 g/mol. The van der Waals surface area contributed by atoms with E-state index in [9.17, 15) is 68.4 Å². The zero-order valence-electron chi connectivity index (χ0n) is 32.5. The molecule has 0 aromatic carbocycles. The molecule has 0 bridgehead atoms. The number of carboxylic acids is 8. The van der Waals surface area contributed by atoms with Gasteiger partial charge in [-0.2, -0.15) is 0 Å². The van der Waals surface area contributed by atoms with Gasteiger partial charge in [-0.1, -0.05) is 0 Å². The number of hydrogen-bond donors (Lipinski definition) is 8. The summed E-state index contributed by atoms with van der Waals surface area (Å²) in [6.07, 6.45) is 0.306. The normalized spacial score (nSPS) is 13.3. The van der Waals surface area contributed by atoms with Crippen LogP contribution in [0.5, 0.6) is 0 Å². The fourth-order valence-electron chi connectivity index (χ4n) is 6.06. The van der Waals surface area contributed by atoms with Crippen LogP contribution in [0.1, 0.15) is 6.42 Å². The molecule has 0 saturated carbocycles. The predicted molar refractivity (Wildman–Crippen MR) is 198 cm³/mol.